The van der Waals surface area contributed by atoms with Crippen molar-refractivity contribution < 1.29 is 18.7 Å². The summed E-state index contributed by atoms with van der Waals surface area (Å²) in [6.45, 7) is 0.167. The summed E-state index contributed by atoms with van der Waals surface area (Å²) in [5.74, 6) is -0.278. The molecule has 0 spiro atoms. The number of oxazole rings is 1. The van der Waals surface area contributed by atoms with Gasteiger partial charge in [-0.3, -0.25) is 0 Å². The first-order valence-electron chi connectivity index (χ1n) is 5.21. The van der Waals surface area contributed by atoms with E-state index in [1.165, 1.54) is 14.2 Å². The summed E-state index contributed by atoms with van der Waals surface area (Å²) in [6, 6.07) is 0. The van der Waals surface area contributed by atoms with Crippen LogP contribution in [0.5, 0.6) is 0 Å². The summed E-state index contributed by atoms with van der Waals surface area (Å²) in [5.41, 5.74) is 0.940. The summed E-state index contributed by atoms with van der Waals surface area (Å²) in [5, 5.41) is 0. The molecule has 0 aliphatic rings. The van der Waals surface area contributed by atoms with Crippen LogP contribution in [0.3, 0.4) is 0 Å². The third-order valence-electron chi connectivity index (χ3n) is 2.27. The van der Waals surface area contributed by atoms with Gasteiger partial charge in [0.15, 0.2) is 0 Å². The maximum absolute atomic E-state index is 11.5. The van der Waals surface area contributed by atoms with Gasteiger partial charge in [0.05, 0.1) is 20.0 Å². The van der Waals surface area contributed by atoms with Gasteiger partial charge in [0.2, 0.25) is 11.7 Å². The number of aromatic nitrogens is 3. The van der Waals surface area contributed by atoms with E-state index in [0.29, 0.717) is 11.4 Å². The number of hydrogen-bond donors (Lipinski definition) is 0. The second-order valence-electron chi connectivity index (χ2n) is 3.64. The Balaban J connectivity index is 2.41. The molecule has 0 aliphatic heterocycles. The quantitative estimate of drug-likeness (QED) is 0.754. The van der Waals surface area contributed by atoms with E-state index in [4.69, 9.17) is 9.15 Å². The van der Waals surface area contributed by atoms with Crippen LogP contribution in [-0.2, 0) is 23.1 Å². The molecule has 0 atom stereocenters. The highest BCUT2D eigenvalue weighted by Gasteiger charge is 2.22. The van der Waals surface area contributed by atoms with Crippen molar-refractivity contribution in [3.05, 3.63) is 24.0 Å². The fourth-order valence-corrected chi connectivity index (χ4v) is 1.47. The van der Waals surface area contributed by atoms with E-state index in [1.54, 1.807) is 17.1 Å². The van der Waals surface area contributed by atoms with Crippen LogP contribution in [0.15, 0.2) is 16.9 Å². The fraction of sp³-hybridized carbons (Fsp3) is 0.364. The highest BCUT2D eigenvalue weighted by atomic mass is 16.5. The Hall–Kier alpha value is -2.15. The summed E-state index contributed by atoms with van der Waals surface area (Å²) in [4.78, 5) is 19.8. The number of aryl methyl sites for hydroxylation is 1. The Morgan fingerprint density at radius 3 is 2.83 bits per heavy atom. The van der Waals surface area contributed by atoms with Crippen molar-refractivity contribution in [3.63, 3.8) is 0 Å². The average Bonchev–Trinajstić information content (AvgIpc) is 2.95. The second kappa shape index (κ2) is 5.01. The Labute approximate surface area is 103 Å². The van der Waals surface area contributed by atoms with E-state index in [2.05, 4.69) is 14.7 Å². The lowest BCUT2D eigenvalue weighted by atomic mass is 10.3. The molecule has 0 aromatic carbocycles. The SMILES string of the molecule is COCc1nc(-c2cn(C)cn2)oc1C(=O)OC. The highest BCUT2D eigenvalue weighted by Crippen LogP contribution is 2.21. The van der Waals surface area contributed by atoms with E-state index in [9.17, 15) is 4.79 Å². The molecule has 7 heteroatoms. The molecule has 0 radical (unpaired) electrons. The van der Waals surface area contributed by atoms with E-state index in [-0.39, 0.29) is 18.3 Å². The Morgan fingerprint density at radius 1 is 1.50 bits per heavy atom. The number of methoxy groups -OCH3 is 2. The monoisotopic (exact) mass is 251 g/mol. The summed E-state index contributed by atoms with van der Waals surface area (Å²) < 4.78 is 16.7. The van der Waals surface area contributed by atoms with Crippen LogP contribution in [-0.4, -0.2) is 34.7 Å². The minimum absolute atomic E-state index is 0.0417. The Kier molecular flexibility index (Phi) is 3.42. The summed E-state index contributed by atoms with van der Waals surface area (Å²) in [7, 11) is 4.62. The van der Waals surface area contributed by atoms with Gasteiger partial charge in [-0.15, -0.1) is 0 Å². The molecule has 0 N–H and O–H groups in total. The number of nitrogens with zero attached hydrogens (tertiary/aromatic N) is 3. The number of imidazole rings is 1. The van der Waals surface area contributed by atoms with Crippen LogP contribution >= 0.6 is 0 Å². The van der Waals surface area contributed by atoms with Gasteiger partial charge in [-0.2, -0.15) is 0 Å². The van der Waals surface area contributed by atoms with Crippen molar-refractivity contribution in [2.75, 3.05) is 14.2 Å². The number of esters is 1. The molecule has 0 unspecified atom stereocenters. The third kappa shape index (κ3) is 2.25. The maximum atomic E-state index is 11.5. The first-order valence-corrected chi connectivity index (χ1v) is 5.21. The molecule has 0 saturated carbocycles. The molecule has 0 bridgehead atoms. The van der Waals surface area contributed by atoms with Crippen molar-refractivity contribution in [1.29, 1.82) is 0 Å². The smallest absolute Gasteiger partial charge is 0.376 e. The normalized spacial score (nSPS) is 10.6. The molecular weight excluding hydrogens is 238 g/mol. The minimum Gasteiger partial charge on any atom is -0.463 e. The van der Waals surface area contributed by atoms with Gasteiger partial charge in [0, 0.05) is 20.4 Å². The number of carbonyl (C=O) groups is 1. The predicted octanol–water partition coefficient (Wildman–Crippen LogP) is 1.01. The molecule has 18 heavy (non-hydrogen) atoms. The zero-order chi connectivity index (χ0) is 13.1. The molecule has 0 amide bonds. The molecule has 96 valence electrons. The van der Waals surface area contributed by atoms with E-state index in [0.717, 1.165) is 0 Å². The average molecular weight is 251 g/mol. The van der Waals surface area contributed by atoms with Crippen LogP contribution in [0, 0.1) is 0 Å². The third-order valence-corrected chi connectivity index (χ3v) is 2.27. The number of rotatable bonds is 4. The molecule has 0 saturated heterocycles. The van der Waals surface area contributed by atoms with Crippen molar-refractivity contribution in [2.24, 2.45) is 7.05 Å². The van der Waals surface area contributed by atoms with Crippen LogP contribution < -0.4 is 0 Å². The van der Waals surface area contributed by atoms with Gasteiger partial charge in [0.25, 0.3) is 0 Å². The Bertz CT molecular complexity index is 558. The molecule has 2 aromatic rings. The number of ether oxygens (including phenoxy) is 2. The molecule has 0 fully saturated rings. The lowest BCUT2D eigenvalue weighted by molar-refractivity contribution is 0.0559. The molecule has 0 aliphatic carbocycles. The van der Waals surface area contributed by atoms with Gasteiger partial charge in [-0.1, -0.05) is 0 Å². The highest BCUT2D eigenvalue weighted by molar-refractivity contribution is 5.87. The standard InChI is InChI=1S/C11H13N3O4/c1-14-4-7(12-6-14)10-13-8(5-16-2)9(18-10)11(15)17-3/h4,6H,5H2,1-3H3. The van der Waals surface area contributed by atoms with Gasteiger partial charge in [0.1, 0.15) is 11.4 Å². The maximum Gasteiger partial charge on any atom is 0.376 e. The molecule has 2 heterocycles. The molecule has 2 rings (SSSR count). The first kappa shape index (κ1) is 12.3. The molecular formula is C11H13N3O4. The fourth-order valence-electron chi connectivity index (χ4n) is 1.47. The number of hydrogen-bond acceptors (Lipinski definition) is 6. The van der Waals surface area contributed by atoms with Crippen LogP contribution in [0.25, 0.3) is 11.6 Å². The minimum atomic E-state index is -0.586. The van der Waals surface area contributed by atoms with E-state index < -0.39 is 5.97 Å². The summed E-state index contributed by atoms with van der Waals surface area (Å²) in [6.07, 6.45) is 3.36. The van der Waals surface area contributed by atoms with Gasteiger partial charge < -0.3 is 18.5 Å². The topological polar surface area (TPSA) is 79.4 Å². The first-order chi connectivity index (χ1) is 8.65. The predicted molar refractivity (Wildman–Crippen MR) is 60.8 cm³/mol. The zero-order valence-electron chi connectivity index (χ0n) is 10.3. The van der Waals surface area contributed by atoms with Gasteiger partial charge >= 0.3 is 5.97 Å². The number of carbonyl (C=O) groups excluding carboxylic acids is 1. The molecule has 2 aromatic heterocycles. The zero-order valence-corrected chi connectivity index (χ0v) is 10.3. The lowest BCUT2D eigenvalue weighted by Crippen LogP contribution is -2.04. The van der Waals surface area contributed by atoms with Crippen LogP contribution in [0.1, 0.15) is 16.2 Å². The summed E-state index contributed by atoms with van der Waals surface area (Å²) >= 11 is 0. The van der Waals surface area contributed by atoms with E-state index >= 15 is 0 Å². The van der Waals surface area contributed by atoms with Crippen LogP contribution in [0.2, 0.25) is 0 Å². The van der Waals surface area contributed by atoms with Gasteiger partial charge in [-0.25, -0.2) is 14.8 Å². The van der Waals surface area contributed by atoms with Crippen molar-refractivity contribution in [1.82, 2.24) is 14.5 Å². The lowest BCUT2D eigenvalue weighted by Gasteiger charge is -1.96. The van der Waals surface area contributed by atoms with Crippen molar-refractivity contribution in [3.8, 4) is 11.6 Å². The largest absolute Gasteiger partial charge is 0.463 e. The van der Waals surface area contributed by atoms with E-state index in [1.807, 2.05) is 7.05 Å². The van der Waals surface area contributed by atoms with Crippen LogP contribution in [0.4, 0.5) is 0 Å². The van der Waals surface area contributed by atoms with Crippen molar-refractivity contribution in [2.45, 2.75) is 6.61 Å². The van der Waals surface area contributed by atoms with Gasteiger partial charge in [-0.05, 0) is 0 Å². The Morgan fingerprint density at radius 2 is 2.28 bits per heavy atom. The van der Waals surface area contributed by atoms with Crippen molar-refractivity contribution >= 4 is 5.97 Å². The molecule has 7 nitrogen and oxygen atoms in total. The second-order valence-corrected chi connectivity index (χ2v) is 3.64.